The molecule has 2 heterocycles. The molecule has 0 fully saturated rings. The van der Waals surface area contributed by atoms with Crippen molar-refractivity contribution >= 4 is 130 Å². The average Bonchev–Trinajstić information content (AvgIpc) is 0.670. The molecule has 0 bridgehead atoms. The van der Waals surface area contributed by atoms with E-state index in [2.05, 4.69) is 112 Å². The molecule has 0 spiro atoms. The van der Waals surface area contributed by atoms with E-state index in [0.29, 0.717) is 59.9 Å². The summed E-state index contributed by atoms with van der Waals surface area (Å²) in [7, 11) is 0. The van der Waals surface area contributed by atoms with Crippen molar-refractivity contribution in [3.05, 3.63) is 243 Å². The third-order valence-corrected chi connectivity index (χ3v) is 21.5. The molecule has 17 nitrogen and oxygen atoms in total. The van der Waals surface area contributed by atoms with Gasteiger partial charge in [0.15, 0.2) is 5.78 Å². The fourth-order valence-electron chi connectivity index (χ4n) is 14.9. The summed E-state index contributed by atoms with van der Waals surface area (Å²) in [5.74, 6) is -4.18. The first-order chi connectivity index (χ1) is 53.9. The fourth-order valence-corrected chi connectivity index (χ4v) is 15.1. The lowest BCUT2D eigenvalue weighted by Gasteiger charge is -2.36. The number of benzene rings is 11. The number of hydrogen-bond acceptors (Lipinski definition) is 12. The number of allylic oxidation sites excluding steroid dienone is 1. The zero-order chi connectivity index (χ0) is 81.9. The van der Waals surface area contributed by atoms with E-state index < -0.39 is 59.2 Å². The SMILES string of the molecule is C=C(Cl)C(=O)Cc1cccc(NC(=O)C(CCCC)N2C(=O)c3cc(Oc4ccc(C(C)(C)C)cc4)c4c5c(Oc6ccc(C(C)(C)C)cc6)cc6c7c(cc(Oc8ccc(C(C)(C)C)cc8)c(c8c(Oc9ccc(C(C)(C)C)cc9)cc(c3c48)C2=O)c75)C(=O)N(C(CCCC)C(=O)Nc2cccc(NC(=O)C(=C)Cl)c2)C6=O)c1. The zero-order valence-corrected chi connectivity index (χ0v) is 68.2. The summed E-state index contributed by atoms with van der Waals surface area (Å²) < 4.78 is 29.5. The molecule has 2 aliphatic heterocycles. The highest BCUT2D eigenvalue weighted by atomic mass is 35.5. The number of Topliss-reactive ketones (excluding diaryl/α,β-unsaturated/α-hetero) is 1. The molecule has 0 radical (unpaired) electrons. The number of unbranched alkanes of at least 4 members (excludes halogenated alkanes) is 2. The molecular formula is C95H93Cl2N5O12. The first-order valence-corrected chi connectivity index (χ1v) is 39.3. The predicted molar refractivity (Wildman–Crippen MR) is 454 cm³/mol. The lowest BCUT2D eigenvalue weighted by molar-refractivity contribution is -0.120. The van der Waals surface area contributed by atoms with Crippen LogP contribution in [0.5, 0.6) is 46.0 Å². The quantitative estimate of drug-likeness (QED) is 0.0211. The van der Waals surface area contributed by atoms with Gasteiger partial charge in [-0.2, -0.15) is 0 Å². The molecule has 2 aliphatic rings. The van der Waals surface area contributed by atoms with Crippen molar-refractivity contribution in [1.82, 2.24) is 9.80 Å². The van der Waals surface area contributed by atoms with Crippen molar-refractivity contribution in [1.29, 1.82) is 0 Å². The Bertz CT molecular complexity index is 5160. The van der Waals surface area contributed by atoms with Crippen LogP contribution in [-0.2, 0) is 47.3 Å². The monoisotopic (exact) mass is 1570 g/mol. The first kappa shape index (κ1) is 80.4. The largest absolute Gasteiger partial charge is 0.457 e. The van der Waals surface area contributed by atoms with Crippen LogP contribution in [0.25, 0.3) is 43.1 Å². The topological polar surface area (TPSA) is 216 Å². The number of anilines is 3. The van der Waals surface area contributed by atoms with Crippen molar-refractivity contribution in [3.8, 4) is 46.0 Å². The minimum atomic E-state index is -1.44. The van der Waals surface area contributed by atoms with Crippen LogP contribution in [0.2, 0.25) is 0 Å². The van der Waals surface area contributed by atoms with Crippen LogP contribution in [0.15, 0.2) is 193 Å². The van der Waals surface area contributed by atoms with Crippen LogP contribution in [0.1, 0.15) is 205 Å². The number of nitrogens with one attached hydrogen (secondary N) is 3. The Morgan fingerprint density at radius 1 is 0.377 bits per heavy atom. The maximum Gasteiger partial charge on any atom is 0.266 e. The van der Waals surface area contributed by atoms with Crippen LogP contribution in [0.4, 0.5) is 17.1 Å². The lowest BCUT2D eigenvalue weighted by Crippen LogP contribution is -2.52. The van der Waals surface area contributed by atoms with E-state index >= 15 is 28.8 Å². The minimum Gasteiger partial charge on any atom is -0.457 e. The van der Waals surface area contributed by atoms with Crippen LogP contribution in [-0.4, -0.2) is 69.0 Å². The molecule has 0 saturated heterocycles. The van der Waals surface area contributed by atoms with Crippen molar-refractivity contribution in [3.63, 3.8) is 0 Å². The summed E-state index contributed by atoms with van der Waals surface area (Å²) in [6.45, 7) is 36.2. The van der Waals surface area contributed by atoms with Gasteiger partial charge in [-0.3, -0.25) is 48.2 Å². The van der Waals surface area contributed by atoms with Crippen LogP contribution in [0.3, 0.4) is 0 Å². The zero-order valence-electron chi connectivity index (χ0n) is 66.7. The second-order valence-electron chi connectivity index (χ2n) is 33.6. The van der Waals surface area contributed by atoms with Gasteiger partial charge < -0.3 is 34.9 Å². The van der Waals surface area contributed by atoms with Gasteiger partial charge in [-0.05, 0) is 165 Å². The Morgan fingerprint density at radius 3 is 0.947 bits per heavy atom. The molecule has 114 heavy (non-hydrogen) atoms. The molecule has 0 aliphatic carbocycles. The third-order valence-electron chi connectivity index (χ3n) is 21.1. The number of fused-ring (bicyclic) bond motifs is 2. The van der Waals surface area contributed by atoms with Crippen LogP contribution in [0, 0.1) is 0 Å². The third kappa shape index (κ3) is 16.1. The number of nitrogens with zero attached hydrogens (tertiary/aromatic N) is 2. The van der Waals surface area contributed by atoms with Gasteiger partial charge in [0.2, 0.25) is 11.8 Å². The summed E-state index contributed by atoms with van der Waals surface area (Å²) in [5, 5.41) is 10.1. The summed E-state index contributed by atoms with van der Waals surface area (Å²) in [6.07, 6.45) is 1.93. The number of rotatable bonds is 25. The summed E-state index contributed by atoms with van der Waals surface area (Å²) >= 11 is 12.0. The van der Waals surface area contributed by atoms with Crippen LogP contribution < -0.4 is 34.9 Å². The van der Waals surface area contributed by atoms with Crippen LogP contribution >= 0.6 is 23.2 Å². The molecule has 2 atom stereocenters. The van der Waals surface area contributed by atoms with E-state index in [1.54, 1.807) is 66.7 Å². The molecular weight excluding hydrogens is 1470 g/mol. The van der Waals surface area contributed by atoms with Crippen molar-refractivity contribution < 1.29 is 57.3 Å². The van der Waals surface area contributed by atoms with Crippen molar-refractivity contribution in [2.24, 2.45) is 0 Å². The summed E-state index contributed by atoms with van der Waals surface area (Å²) in [5.41, 5.74) is 4.06. The van der Waals surface area contributed by atoms with E-state index in [4.69, 9.17) is 42.1 Å². The highest BCUT2D eigenvalue weighted by Gasteiger charge is 2.47. The Labute approximate surface area is 674 Å². The molecule has 2 unspecified atom stereocenters. The molecule has 7 amide bonds. The van der Waals surface area contributed by atoms with Gasteiger partial charge in [0.05, 0.1) is 32.3 Å². The molecule has 0 saturated carbocycles. The van der Waals surface area contributed by atoms with Gasteiger partial charge in [0.25, 0.3) is 29.5 Å². The summed E-state index contributed by atoms with van der Waals surface area (Å²) in [4.78, 5) is 125. The molecule has 584 valence electrons. The second-order valence-corrected chi connectivity index (χ2v) is 34.5. The molecule has 3 N–H and O–H groups in total. The number of imide groups is 2. The van der Waals surface area contributed by atoms with E-state index in [-0.39, 0.29) is 151 Å². The highest BCUT2D eigenvalue weighted by Crippen LogP contribution is 2.59. The second kappa shape index (κ2) is 31.4. The standard InChI is InChI=1S/C95H93Cl2N5O12/c1-17-19-27-70(86(105)99-59-24-21-23-54(45-59)46-72(103)52(3)96)101-88(107)66-48-73(111-62-37-29-55(30-38-62)92(5,6)7)79-81-75(113-64-41-33-57(34-42-64)94(11,12)13)50-68-78-69(91(110)102(90(68)109)71(28-20-18-2)87(106)100-61-26-22-25-60(47-61)98-85(104)53(4)97)51-76(114-65-43-35-58(36-44-65)95(14,15)16)82(84(78)81)80-74(49-67(89(101)108)77(66)83(79)80)112-63-39-31-56(32-40-63)93(8,9)10/h21-26,29-45,47-51,70-71H,3-4,17-20,27-28,46H2,1-2,5-16H3,(H,98,104)(H,99,105)(H,100,106). The Morgan fingerprint density at radius 2 is 0.667 bits per heavy atom. The lowest BCUT2D eigenvalue weighted by atomic mass is 9.80. The minimum absolute atomic E-state index is 0.0207. The molecule has 13 rings (SSSR count). The van der Waals surface area contributed by atoms with Crippen molar-refractivity contribution in [2.45, 2.75) is 176 Å². The smallest absolute Gasteiger partial charge is 0.266 e. The summed E-state index contributed by atoms with van der Waals surface area (Å²) in [6, 6.07) is 46.8. The van der Waals surface area contributed by atoms with E-state index in [1.807, 2.05) is 111 Å². The first-order valence-electron chi connectivity index (χ1n) is 38.5. The van der Waals surface area contributed by atoms with E-state index in [1.165, 1.54) is 6.07 Å². The van der Waals surface area contributed by atoms with Gasteiger partial charge in [-0.1, -0.05) is 226 Å². The van der Waals surface area contributed by atoms with Gasteiger partial charge in [0.1, 0.15) is 58.1 Å². The van der Waals surface area contributed by atoms with Gasteiger partial charge in [-0.25, -0.2) is 0 Å². The number of carbonyl (C=O) groups excluding carboxylic acids is 8. The number of amides is 7. The normalized spacial score (nSPS) is 13.7. The molecule has 0 aromatic heterocycles. The van der Waals surface area contributed by atoms with E-state index in [0.717, 1.165) is 32.1 Å². The Hall–Kier alpha value is -11.7. The number of ether oxygens (including phenoxy) is 4. The van der Waals surface area contributed by atoms with Gasteiger partial charge >= 0.3 is 0 Å². The molecule has 19 heteroatoms. The predicted octanol–water partition coefficient (Wildman–Crippen LogP) is 23.2. The number of hydrogen-bond donors (Lipinski definition) is 3. The van der Waals surface area contributed by atoms with Gasteiger partial charge in [-0.15, -0.1) is 0 Å². The number of carbonyl (C=O) groups is 8. The van der Waals surface area contributed by atoms with Crippen molar-refractivity contribution in [2.75, 3.05) is 16.0 Å². The number of ketones is 1. The average molecular weight is 1570 g/mol. The molecule has 11 aromatic carbocycles. The Balaban J connectivity index is 1.16. The maximum atomic E-state index is 16.6. The highest BCUT2D eigenvalue weighted by molar-refractivity contribution is 6.46. The molecule has 11 aromatic rings. The number of halogens is 2. The van der Waals surface area contributed by atoms with Gasteiger partial charge in [0, 0.05) is 66.6 Å². The maximum absolute atomic E-state index is 16.6. The Kier molecular flexibility index (Phi) is 22.1. The van der Waals surface area contributed by atoms with E-state index in [9.17, 15) is 9.59 Å². The fraction of sp³-hybridized carbons (Fsp3) is 0.284.